The van der Waals surface area contributed by atoms with Crippen LogP contribution in [0, 0.1) is 0 Å². The van der Waals surface area contributed by atoms with Gasteiger partial charge in [0.25, 0.3) is 0 Å². The van der Waals surface area contributed by atoms with Crippen LogP contribution < -0.4 is 0 Å². The van der Waals surface area contributed by atoms with Crippen molar-refractivity contribution in [2.24, 2.45) is 0 Å². The molecule has 3 aliphatic rings. The maximum atomic E-state index is 12.8. The topological polar surface area (TPSA) is 95.1 Å². The van der Waals surface area contributed by atoms with Gasteiger partial charge in [-0.2, -0.15) is 4.31 Å². The van der Waals surface area contributed by atoms with Gasteiger partial charge < -0.3 is 4.90 Å². The van der Waals surface area contributed by atoms with E-state index in [2.05, 4.69) is 4.90 Å². The summed E-state index contributed by atoms with van der Waals surface area (Å²) in [4.78, 5) is 17.0. The monoisotopic (exact) mass is 469 g/mol. The molecular formula is C21H31N3O5S2. The molecule has 3 saturated heterocycles. The summed E-state index contributed by atoms with van der Waals surface area (Å²) in [6.45, 7) is 3.72. The fraction of sp³-hybridized carbons (Fsp3) is 0.667. The molecule has 0 saturated carbocycles. The van der Waals surface area contributed by atoms with Crippen LogP contribution in [0.15, 0.2) is 29.2 Å². The molecule has 10 heteroatoms. The average molecular weight is 470 g/mol. The molecule has 3 aliphatic heterocycles. The second kappa shape index (κ2) is 9.17. The molecule has 1 amide bonds. The Kier molecular flexibility index (Phi) is 6.71. The van der Waals surface area contributed by atoms with E-state index in [1.165, 1.54) is 0 Å². The van der Waals surface area contributed by atoms with Crippen molar-refractivity contribution < 1.29 is 21.6 Å². The van der Waals surface area contributed by atoms with Crippen molar-refractivity contribution in [3.05, 3.63) is 29.8 Å². The largest absolute Gasteiger partial charge is 0.340 e. The molecule has 31 heavy (non-hydrogen) atoms. The molecule has 0 radical (unpaired) electrons. The first-order valence-electron chi connectivity index (χ1n) is 11.1. The van der Waals surface area contributed by atoms with Gasteiger partial charge in [-0.15, -0.1) is 0 Å². The molecule has 8 nitrogen and oxygen atoms in total. The Hall–Kier alpha value is -1.49. The predicted molar refractivity (Wildman–Crippen MR) is 118 cm³/mol. The van der Waals surface area contributed by atoms with Gasteiger partial charge in [0.1, 0.15) is 0 Å². The number of nitrogens with zero attached hydrogens (tertiary/aromatic N) is 3. The summed E-state index contributed by atoms with van der Waals surface area (Å²) in [6.07, 6.45) is 3.79. The Balaban J connectivity index is 1.30. The number of hydrogen-bond acceptors (Lipinski definition) is 6. The number of benzene rings is 1. The zero-order valence-electron chi connectivity index (χ0n) is 17.8. The average Bonchev–Trinajstić information content (AvgIpc) is 3.14. The summed E-state index contributed by atoms with van der Waals surface area (Å²) in [6, 6.07) is 6.75. The number of carbonyl (C=O) groups excluding carboxylic acids is 1. The van der Waals surface area contributed by atoms with Crippen molar-refractivity contribution in [2.75, 3.05) is 50.8 Å². The summed E-state index contributed by atoms with van der Waals surface area (Å²) in [7, 11) is -6.37. The van der Waals surface area contributed by atoms with Gasteiger partial charge in [-0.05, 0) is 37.0 Å². The van der Waals surface area contributed by atoms with Gasteiger partial charge in [-0.3, -0.25) is 9.69 Å². The maximum absolute atomic E-state index is 12.8. The highest BCUT2D eigenvalue weighted by molar-refractivity contribution is 7.91. The van der Waals surface area contributed by atoms with Crippen LogP contribution in [0.1, 0.15) is 31.2 Å². The lowest BCUT2D eigenvalue weighted by atomic mass is 10.1. The summed E-state index contributed by atoms with van der Waals surface area (Å²) in [5.41, 5.74) is 0.798. The molecule has 1 atom stereocenters. The van der Waals surface area contributed by atoms with Crippen molar-refractivity contribution in [2.45, 2.75) is 43.0 Å². The highest BCUT2D eigenvalue weighted by Crippen LogP contribution is 2.22. The van der Waals surface area contributed by atoms with Gasteiger partial charge >= 0.3 is 0 Å². The third kappa shape index (κ3) is 5.30. The summed E-state index contributed by atoms with van der Waals surface area (Å²) in [5.74, 6) is 0.513. The molecule has 4 rings (SSSR count). The molecular weight excluding hydrogens is 438 g/mol. The van der Waals surface area contributed by atoms with Crippen LogP contribution in [-0.4, -0.2) is 93.7 Å². The van der Waals surface area contributed by atoms with E-state index in [0.29, 0.717) is 45.7 Å². The quantitative estimate of drug-likeness (QED) is 0.631. The fourth-order valence-corrected chi connectivity index (χ4v) is 8.00. The Labute approximate surface area is 185 Å². The van der Waals surface area contributed by atoms with Crippen LogP contribution in [0.25, 0.3) is 0 Å². The van der Waals surface area contributed by atoms with E-state index in [0.717, 1.165) is 24.8 Å². The van der Waals surface area contributed by atoms with Crippen LogP contribution >= 0.6 is 0 Å². The Morgan fingerprint density at radius 2 is 1.58 bits per heavy atom. The second-order valence-electron chi connectivity index (χ2n) is 8.76. The minimum Gasteiger partial charge on any atom is -0.340 e. The van der Waals surface area contributed by atoms with E-state index in [4.69, 9.17) is 0 Å². The van der Waals surface area contributed by atoms with Gasteiger partial charge in [0.05, 0.1) is 22.8 Å². The van der Waals surface area contributed by atoms with Gasteiger partial charge in [0, 0.05) is 45.3 Å². The smallest absolute Gasteiger partial charge is 0.243 e. The lowest BCUT2D eigenvalue weighted by Crippen LogP contribution is -2.52. The zero-order valence-corrected chi connectivity index (χ0v) is 19.4. The van der Waals surface area contributed by atoms with Gasteiger partial charge in [0.15, 0.2) is 9.84 Å². The van der Waals surface area contributed by atoms with E-state index in [1.54, 1.807) is 28.6 Å². The van der Waals surface area contributed by atoms with Crippen molar-refractivity contribution in [1.82, 2.24) is 14.1 Å². The van der Waals surface area contributed by atoms with Crippen LogP contribution in [0.4, 0.5) is 0 Å². The van der Waals surface area contributed by atoms with Crippen LogP contribution in [0.5, 0.6) is 0 Å². The summed E-state index contributed by atoms with van der Waals surface area (Å²) in [5, 5.41) is 0. The third-order valence-corrected chi connectivity index (χ3v) is 10.3. The molecule has 0 aliphatic carbocycles. The molecule has 1 aromatic rings. The van der Waals surface area contributed by atoms with Gasteiger partial charge in [-0.25, -0.2) is 16.8 Å². The molecule has 3 heterocycles. The summed E-state index contributed by atoms with van der Waals surface area (Å²) >= 11 is 0. The Morgan fingerprint density at radius 1 is 0.935 bits per heavy atom. The zero-order chi connectivity index (χ0) is 22.1. The SMILES string of the molecule is O=C(Cc1ccc(S(=O)(=O)N2CCCCC2)cc1)N1CCN(C2CCS(=O)(=O)C2)CC1. The van der Waals surface area contributed by atoms with Crippen molar-refractivity contribution >= 4 is 25.8 Å². The minimum atomic E-state index is -3.46. The van der Waals surface area contributed by atoms with E-state index in [9.17, 15) is 21.6 Å². The van der Waals surface area contributed by atoms with Crippen LogP contribution in [0.2, 0.25) is 0 Å². The number of amides is 1. The Bertz CT molecular complexity index is 994. The number of rotatable bonds is 5. The van der Waals surface area contributed by atoms with E-state index in [-0.39, 0.29) is 34.8 Å². The minimum absolute atomic E-state index is 0.0188. The summed E-state index contributed by atoms with van der Waals surface area (Å²) < 4.78 is 50.5. The first-order chi connectivity index (χ1) is 14.7. The van der Waals surface area contributed by atoms with Crippen LogP contribution in [0.3, 0.4) is 0 Å². The van der Waals surface area contributed by atoms with Crippen molar-refractivity contribution in [3.63, 3.8) is 0 Å². The maximum Gasteiger partial charge on any atom is 0.243 e. The molecule has 0 spiro atoms. The number of sulfone groups is 1. The van der Waals surface area contributed by atoms with Gasteiger partial charge in [0.2, 0.25) is 15.9 Å². The Morgan fingerprint density at radius 3 is 2.16 bits per heavy atom. The lowest BCUT2D eigenvalue weighted by molar-refractivity contribution is -0.132. The number of piperidine rings is 1. The number of sulfonamides is 1. The van der Waals surface area contributed by atoms with Crippen molar-refractivity contribution in [1.29, 1.82) is 0 Å². The van der Waals surface area contributed by atoms with E-state index in [1.807, 2.05) is 4.90 Å². The first-order valence-corrected chi connectivity index (χ1v) is 14.3. The number of hydrogen-bond donors (Lipinski definition) is 0. The van der Waals surface area contributed by atoms with Crippen LogP contribution in [-0.2, 0) is 31.1 Å². The fourth-order valence-electron chi connectivity index (χ4n) is 4.72. The highest BCUT2D eigenvalue weighted by atomic mass is 32.2. The molecule has 1 aromatic carbocycles. The molecule has 0 aromatic heterocycles. The van der Waals surface area contributed by atoms with E-state index >= 15 is 0 Å². The molecule has 1 unspecified atom stereocenters. The second-order valence-corrected chi connectivity index (χ2v) is 12.9. The standard InChI is InChI=1S/C21H31N3O5S2/c25-21(23-13-11-22(12-14-23)19-8-15-30(26,27)17-19)16-18-4-6-20(7-5-18)31(28,29)24-9-2-1-3-10-24/h4-7,19H,1-3,8-17H2. The van der Waals surface area contributed by atoms with Crippen molar-refractivity contribution in [3.8, 4) is 0 Å². The van der Waals surface area contributed by atoms with E-state index < -0.39 is 19.9 Å². The van der Waals surface area contributed by atoms with Gasteiger partial charge in [-0.1, -0.05) is 18.6 Å². The first kappa shape index (κ1) is 22.7. The number of piperazine rings is 1. The highest BCUT2D eigenvalue weighted by Gasteiger charge is 2.34. The molecule has 0 N–H and O–H groups in total. The lowest BCUT2D eigenvalue weighted by Gasteiger charge is -2.37. The normalized spacial score (nSPS) is 25.5. The third-order valence-electron chi connectivity index (χ3n) is 6.62. The number of carbonyl (C=O) groups is 1. The molecule has 0 bridgehead atoms. The predicted octanol–water partition coefficient (Wildman–Crippen LogP) is 0.735. The molecule has 3 fully saturated rings. The molecule has 172 valence electrons.